The number of nitrogens with zero attached hydrogens (tertiary/aromatic N) is 1. The smallest absolute Gasteiger partial charge is 0.259 e. The number of pyridine rings is 2. The summed E-state index contributed by atoms with van der Waals surface area (Å²) in [5.74, 6) is -1.66. The summed E-state index contributed by atoms with van der Waals surface area (Å²) >= 11 is 0. The van der Waals surface area contributed by atoms with Crippen molar-refractivity contribution < 1.29 is 8.78 Å². The van der Waals surface area contributed by atoms with E-state index in [2.05, 4.69) is 10.3 Å². The summed E-state index contributed by atoms with van der Waals surface area (Å²) in [5.41, 5.74) is -1.22. The van der Waals surface area contributed by atoms with Crippen LogP contribution in [-0.2, 0) is 7.05 Å². The molecule has 3 aromatic rings. The molecule has 1 aromatic carbocycles. The summed E-state index contributed by atoms with van der Waals surface area (Å²) in [6.07, 6.45) is 2.71. The Morgan fingerprint density at radius 2 is 1.81 bits per heavy atom. The van der Waals surface area contributed by atoms with Crippen molar-refractivity contribution in [3.63, 3.8) is 0 Å². The first-order valence-corrected chi connectivity index (χ1v) is 7.57. The van der Waals surface area contributed by atoms with Gasteiger partial charge in [-0.15, -0.1) is 0 Å². The van der Waals surface area contributed by atoms with Gasteiger partial charge >= 0.3 is 0 Å². The Bertz CT molecular complexity index is 1100. The molecule has 132 valence electrons. The van der Waals surface area contributed by atoms with Gasteiger partial charge in [-0.3, -0.25) is 15.0 Å². The van der Waals surface area contributed by atoms with Gasteiger partial charge in [-0.05, 0) is 24.3 Å². The van der Waals surface area contributed by atoms with Crippen LogP contribution in [0.25, 0.3) is 0 Å². The second-order valence-electron chi connectivity index (χ2n) is 5.56. The van der Waals surface area contributed by atoms with Gasteiger partial charge in [0.25, 0.3) is 5.56 Å². The Morgan fingerprint density at radius 3 is 2.46 bits per heavy atom. The van der Waals surface area contributed by atoms with Crippen molar-refractivity contribution in [3.05, 3.63) is 92.3 Å². The Morgan fingerprint density at radius 1 is 1.12 bits per heavy atom. The van der Waals surface area contributed by atoms with Crippen molar-refractivity contribution in [1.29, 1.82) is 5.41 Å². The Kier molecular flexibility index (Phi) is 4.49. The van der Waals surface area contributed by atoms with Crippen molar-refractivity contribution in [2.45, 2.75) is 0 Å². The van der Waals surface area contributed by atoms with Gasteiger partial charge in [0.1, 0.15) is 17.3 Å². The number of halogens is 2. The Labute approximate surface area is 146 Å². The number of aromatic amines is 1. The highest BCUT2D eigenvalue weighted by Crippen LogP contribution is 2.25. The fraction of sp³-hybridized carbons (Fsp3) is 0.0556. The second-order valence-corrected chi connectivity index (χ2v) is 5.56. The zero-order chi connectivity index (χ0) is 18.8. The van der Waals surface area contributed by atoms with Crippen LogP contribution in [0, 0.1) is 17.0 Å². The highest BCUT2D eigenvalue weighted by molar-refractivity contribution is 6.13. The summed E-state index contributed by atoms with van der Waals surface area (Å²) in [6.45, 7) is 0. The number of anilines is 2. The number of hydrogen-bond donors (Lipinski definition) is 3. The molecule has 0 radical (unpaired) electrons. The highest BCUT2D eigenvalue weighted by Gasteiger charge is 2.17. The minimum absolute atomic E-state index is 0.0663. The zero-order valence-corrected chi connectivity index (χ0v) is 13.6. The summed E-state index contributed by atoms with van der Waals surface area (Å²) in [7, 11) is 1.52. The molecule has 2 aromatic heterocycles. The molecule has 2 heterocycles. The molecule has 0 amide bonds. The normalized spacial score (nSPS) is 10.6. The van der Waals surface area contributed by atoms with Gasteiger partial charge in [0.2, 0.25) is 5.56 Å². The van der Waals surface area contributed by atoms with E-state index in [1.54, 1.807) is 0 Å². The number of benzene rings is 1. The minimum Gasteiger partial charge on any atom is -0.350 e. The molecule has 0 saturated heterocycles. The molecule has 3 N–H and O–H groups in total. The van der Waals surface area contributed by atoms with Crippen LogP contribution >= 0.6 is 0 Å². The van der Waals surface area contributed by atoms with Crippen LogP contribution in [0.3, 0.4) is 0 Å². The maximum Gasteiger partial charge on any atom is 0.259 e. The fourth-order valence-corrected chi connectivity index (χ4v) is 2.47. The van der Waals surface area contributed by atoms with E-state index in [0.29, 0.717) is 5.56 Å². The van der Waals surface area contributed by atoms with E-state index in [1.165, 1.54) is 48.3 Å². The van der Waals surface area contributed by atoms with Crippen LogP contribution in [0.4, 0.5) is 20.2 Å². The van der Waals surface area contributed by atoms with Gasteiger partial charge in [-0.25, -0.2) is 8.78 Å². The first-order chi connectivity index (χ1) is 12.4. The third-order valence-corrected chi connectivity index (χ3v) is 3.81. The molecule has 3 rings (SSSR count). The van der Waals surface area contributed by atoms with Crippen LogP contribution in [0.15, 0.2) is 58.4 Å². The third kappa shape index (κ3) is 3.16. The lowest BCUT2D eigenvalue weighted by Gasteiger charge is -2.13. The van der Waals surface area contributed by atoms with Gasteiger partial charge in [0, 0.05) is 31.1 Å². The number of para-hydroxylation sites is 1. The number of aryl methyl sites for hydroxylation is 1. The van der Waals surface area contributed by atoms with Gasteiger partial charge < -0.3 is 14.9 Å². The fourth-order valence-electron chi connectivity index (χ4n) is 2.47. The zero-order valence-electron chi connectivity index (χ0n) is 13.6. The van der Waals surface area contributed by atoms with E-state index in [-0.39, 0.29) is 22.5 Å². The largest absolute Gasteiger partial charge is 0.350 e. The van der Waals surface area contributed by atoms with Crippen molar-refractivity contribution >= 4 is 17.1 Å². The van der Waals surface area contributed by atoms with Crippen molar-refractivity contribution in [1.82, 2.24) is 9.55 Å². The summed E-state index contributed by atoms with van der Waals surface area (Å²) in [5, 5.41) is 10.9. The van der Waals surface area contributed by atoms with Gasteiger partial charge in [0.05, 0.1) is 17.0 Å². The van der Waals surface area contributed by atoms with E-state index in [9.17, 15) is 18.4 Å². The maximum absolute atomic E-state index is 13.9. The van der Waals surface area contributed by atoms with Crippen LogP contribution in [0.2, 0.25) is 0 Å². The summed E-state index contributed by atoms with van der Waals surface area (Å²) < 4.78 is 29.1. The molecule has 0 fully saturated rings. The third-order valence-electron chi connectivity index (χ3n) is 3.81. The van der Waals surface area contributed by atoms with Crippen molar-refractivity contribution in [2.24, 2.45) is 7.05 Å². The standard InChI is InChI=1S/C18H14F2N4O2/c1-24-9-10(5-6-14(24)25)16(21)15-13(7-8-22-18(15)26)23-17-11(19)3-2-4-12(17)20/h2-9,21H,1H3,(H2,22,23,26). The molecule has 6 nitrogen and oxygen atoms in total. The van der Waals surface area contributed by atoms with E-state index >= 15 is 0 Å². The van der Waals surface area contributed by atoms with E-state index < -0.39 is 22.9 Å². The molecule has 0 aliphatic heterocycles. The molecule has 0 spiro atoms. The molecular formula is C18H14F2N4O2. The lowest BCUT2D eigenvalue weighted by atomic mass is 10.0. The van der Waals surface area contributed by atoms with Gasteiger partial charge in [-0.2, -0.15) is 0 Å². The lowest BCUT2D eigenvalue weighted by molar-refractivity contribution is 0.591. The van der Waals surface area contributed by atoms with Crippen LogP contribution in [-0.4, -0.2) is 15.3 Å². The quantitative estimate of drug-likeness (QED) is 0.628. The van der Waals surface area contributed by atoms with E-state index in [4.69, 9.17) is 5.41 Å². The molecule has 0 saturated carbocycles. The molecule has 8 heteroatoms. The van der Waals surface area contributed by atoms with E-state index in [0.717, 1.165) is 12.1 Å². The molecule has 0 aliphatic rings. The lowest BCUT2D eigenvalue weighted by Crippen LogP contribution is -2.22. The topological polar surface area (TPSA) is 90.7 Å². The first kappa shape index (κ1) is 17.3. The number of nitrogens with one attached hydrogen (secondary N) is 3. The molecular weight excluding hydrogens is 342 g/mol. The number of rotatable bonds is 4. The number of H-pyrrole nitrogens is 1. The predicted molar refractivity (Wildman–Crippen MR) is 94.3 cm³/mol. The summed E-state index contributed by atoms with van der Waals surface area (Å²) in [4.78, 5) is 26.2. The molecule has 26 heavy (non-hydrogen) atoms. The molecule has 0 unspecified atom stereocenters. The second kappa shape index (κ2) is 6.75. The predicted octanol–water partition coefficient (Wildman–Crippen LogP) is 2.51. The minimum atomic E-state index is -0.829. The average Bonchev–Trinajstić information content (AvgIpc) is 2.60. The first-order valence-electron chi connectivity index (χ1n) is 7.57. The van der Waals surface area contributed by atoms with Gasteiger partial charge in [0.15, 0.2) is 0 Å². The highest BCUT2D eigenvalue weighted by atomic mass is 19.1. The van der Waals surface area contributed by atoms with Crippen LogP contribution < -0.4 is 16.4 Å². The van der Waals surface area contributed by atoms with Crippen molar-refractivity contribution in [2.75, 3.05) is 5.32 Å². The summed E-state index contributed by atoms with van der Waals surface area (Å²) in [6, 6.07) is 7.46. The Balaban J connectivity index is 2.11. The van der Waals surface area contributed by atoms with E-state index in [1.807, 2.05) is 0 Å². The monoisotopic (exact) mass is 356 g/mol. The number of aromatic nitrogens is 2. The molecule has 0 atom stereocenters. The maximum atomic E-state index is 13.9. The SMILES string of the molecule is Cn1cc(C(=N)c2c(Nc3c(F)cccc3F)cc[nH]c2=O)ccc1=O. The molecule has 0 aliphatic carbocycles. The molecule has 0 bridgehead atoms. The van der Waals surface area contributed by atoms with Gasteiger partial charge in [-0.1, -0.05) is 6.07 Å². The van der Waals surface area contributed by atoms with Crippen molar-refractivity contribution in [3.8, 4) is 0 Å². The van der Waals surface area contributed by atoms with Crippen LogP contribution in [0.1, 0.15) is 11.1 Å². The van der Waals surface area contributed by atoms with Crippen LogP contribution in [0.5, 0.6) is 0 Å². The number of hydrogen-bond acceptors (Lipinski definition) is 4. The average molecular weight is 356 g/mol. The Hall–Kier alpha value is -3.55.